The van der Waals surface area contributed by atoms with Crippen LogP contribution < -0.4 is 0 Å². The van der Waals surface area contributed by atoms with Crippen molar-refractivity contribution in [2.24, 2.45) is 22.7 Å². The Hall–Kier alpha value is -1.47. The number of imidazole rings is 1. The zero-order valence-electron chi connectivity index (χ0n) is 15.5. The van der Waals surface area contributed by atoms with Gasteiger partial charge < -0.3 is 14.6 Å². The molecule has 0 bridgehead atoms. The van der Waals surface area contributed by atoms with Crippen molar-refractivity contribution in [2.75, 3.05) is 7.11 Å². The summed E-state index contributed by atoms with van der Waals surface area (Å²) in [6.07, 6.45) is 9.20. The van der Waals surface area contributed by atoms with Crippen LogP contribution in [-0.2, 0) is 14.3 Å². The molecule has 3 aliphatic rings. The van der Waals surface area contributed by atoms with Gasteiger partial charge in [0.05, 0.1) is 18.1 Å². The van der Waals surface area contributed by atoms with E-state index in [9.17, 15) is 9.90 Å². The molecule has 3 fully saturated rings. The van der Waals surface area contributed by atoms with Crippen molar-refractivity contribution in [1.82, 2.24) is 9.55 Å². The van der Waals surface area contributed by atoms with Crippen molar-refractivity contribution in [1.29, 1.82) is 0 Å². The van der Waals surface area contributed by atoms with E-state index in [2.05, 4.69) is 4.98 Å². The first-order chi connectivity index (χ1) is 12.2. The Morgan fingerprint density at radius 1 is 1.38 bits per heavy atom. The molecular formula is C19H26N2O4S. The highest BCUT2D eigenvalue weighted by molar-refractivity contribution is 7.80. The second-order valence-electron chi connectivity index (χ2n) is 8.68. The highest BCUT2D eigenvalue weighted by atomic mass is 32.1. The Morgan fingerprint density at radius 3 is 2.77 bits per heavy atom. The molecule has 0 radical (unpaired) electrons. The SMILES string of the molecule is COC(=O)[C@]12CCC[C@]13CC(C(C)(C)O)[C@@H](OC(=S)n1ccnc1)[C@@H]3C2. The van der Waals surface area contributed by atoms with Gasteiger partial charge in [-0.3, -0.25) is 9.36 Å². The van der Waals surface area contributed by atoms with Crippen LogP contribution in [-0.4, -0.2) is 44.6 Å². The molecule has 142 valence electrons. The van der Waals surface area contributed by atoms with Crippen LogP contribution in [0.25, 0.3) is 0 Å². The molecule has 1 N–H and O–H groups in total. The monoisotopic (exact) mass is 378 g/mol. The minimum Gasteiger partial charge on any atom is -0.469 e. The summed E-state index contributed by atoms with van der Waals surface area (Å²) in [4.78, 5) is 16.7. The van der Waals surface area contributed by atoms with E-state index in [1.165, 1.54) is 7.11 Å². The summed E-state index contributed by atoms with van der Waals surface area (Å²) in [5.74, 6) is 0.0270. The fourth-order valence-corrected chi connectivity index (χ4v) is 6.31. The third kappa shape index (κ3) is 2.22. The Bertz CT molecular complexity index is 728. The number of ether oxygens (including phenoxy) is 2. The summed E-state index contributed by atoms with van der Waals surface area (Å²) in [5.41, 5.74) is -1.46. The van der Waals surface area contributed by atoms with Crippen molar-refractivity contribution in [3.8, 4) is 0 Å². The zero-order valence-corrected chi connectivity index (χ0v) is 16.3. The van der Waals surface area contributed by atoms with Crippen molar-refractivity contribution in [2.45, 2.75) is 57.7 Å². The summed E-state index contributed by atoms with van der Waals surface area (Å²) < 4.78 is 13.1. The van der Waals surface area contributed by atoms with Crippen LogP contribution in [0.5, 0.6) is 0 Å². The summed E-state index contributed by atoms with van der Waals surface area (Å²) in [6, 6.07) is 0. The predicted molar refractivity (Wildman–Crippen MR) is 98.3 cm³/mol. The van der Waals surface area contributed by atoms with Crippen LogP contribution in [0.1, 0.15) is 46.0 Å². The largest absolute Gasteiger partial charge is 0.469 e. The number of thiocarbonyl (C=S) groups is 1. The molecule has 5 atom stereocenters. The number of nitrogens with zero attached hydrogens (tertiary/aromatic N) is 2. The highest BCUT2D eigenvalue weighted by Gasteiger charge is 2.78. The number of methoxy groups -OCH3 is 1. The highest BCUT2D eigenvalue weighted by Crippen LogP contribution is 2.77. The standard InChI is InChI=1S/C19H26N2O4S/c1-17(2,23)12-9-18-5-4-6-19(18,15(22)24-3)10-13(18)14(12)25-16(26)21-8-7-20-11-21/h7-8,11-14,23H,4-6,9-10H2,1-3H3/t12?,13-,14+,18+,19+/m0/s1. The molecule has 3 aliphatic carbocycles. The lowest BCUT2D eigenvalue weighted by molar-refractivity contribution is -0.188. The minimum absolute atomic E-state index is 0.0846. The van der Waals surface area contributed by atoms with Crippen molar-refractivity contribution in [3.05, 3.63) is 18.7 Å². The number of aromatic nitrogens is 2. The summed E-state index contributed by atoms with van der Waals surface area (Å²) in [7, 11) is 1.47. The first-order valence-electron chi connectivity index (χ1n) is 9.25. The number of carbonyl (C=O) groups is 1. The topological polar surface area (TPSA) is 73.6 Å². The van der Waals surface area contributed by atoms with Gasteiger partial charge in [0.15, 0.2) is 0 Å². The lowest BCUT2D eigenvalue weighted by Crippen LogP contribution is -2.59. The average Bonchev–Trinajstić information content (AvgIpc) is 3.25. The molecule has 0 amide bonds. The summed E-state index contributed by atoms with van der Waals surface area (Å²) >= 11 is 5.45. The van der Waals surface area contributed by atoms with Crippen LogP contribution in [0.15, 0.2) is 18.7 Å². The molecule has 1 spiro atoms. The number of esters is 1. The summed E-state index contributed by atoms with van der Waals surface area (Å²) in [5, 5.41) is 11.2. The molecule has 3 saturated carbocycles. The van der Waals surface area contributed by atoms with Gasteiger partial charge in [0.2, 0.25) is 0 Å². The molecule has 26 heavy (non-hydrogen) atoms. The van der Waals surface area contributed by atoms with Gasteiger partial charge >= 0.3 is 5.97 Å². The quantitative estimate of drug-likeness (QED) is 0.644. The van der Waals surface area contributed by atoms with E-state index in [0.29, 0.717) is 5.17 Å². The molecule has 1 aromatic heterocycles. The van der Waals surface area contributed by atoms with Crippen molar-refractivity contribution >= 4 is 23.4 Å². The molecule has 0 aromatic carbocycles. The smallest absolute Gasteiger partial charge is 0.312 e. The predicted octanol–water partition coefficient (Wildman–Crippen LogP) is 2.54. The van der Waals surface area contributed by atoms with Crippen LogP contribution in [0, 0.1) is 22.7 Å². The maximum atomic E-state index is 12.6. The van der Waals surface area contributed by atoms with Crippen LogP contribution in [0.4, 0.5) is 0 Å². The normalized spacial score (nSPS) is 38.2. The van der Waals surface area contributed by atoms with E-state index in [-0.39, 0.29) is 29.3 Å². The van der Waals surface area contributed by atoms with Gasteiger partial charge in [-0.15, -0.1) is 0 Å². The Kier molecular flexibility index (Phi) is 3.97. The maximum absolute atomic E-state index is 12.6. The molecule has 7 heteroatoms. The minimum atomic E-state index is -0.911. The fourth-order valence-electron chi connectivity index (χ4n) is 6.09. The third-order valence-electron chi connectivity index (χ3n) is 7.27. The van der Waals surface area contributed by atoms with Gasteiger partial charge in [-0.25, -0.2) is 4.98 Å². The first kappa shape index (κ1) is 17.9. The molecule has 1 aromatic rings. The van der Waals surface area contributed by atoms with E-state index in [1.807, 2.05) is 13.8 Å². The molecule has 0 aliphatic heterocycles. The van der Waals surface area contributed by atoms with E-state index < -0.39 is 11.0 Å². The third-order valence-corrected chi connectivity index (χ3v) is 7.58. The van der Waals surface area contributed by atoms with Gasteiger partial charge in [0, 0.05) is 24.2 Å². The first-order valence-corrected chi connectivity index (χ1v) is 9.66. The maximum Gasteiger partial charge on any atom is 0.312 e. The van der Waals surface area contributed by atoms with E-state index in [4.69, 9.17) is 21.7 Å². The molecule has 6 nitrogen and oxygen atoms in total. The van der Waals surface area contributed by atoms with Gasteiger partial charge in [0.25, 0.3) is 5.17 Å². The van der Waals surface area contributed by atoms with Crippen molar-refractivity contribution in [3.63, 3.8) is 0 Å². The van der Waals surface area contributed by atoms with Crippen LogP contribution in [0.3, 0.4) is 0 Å². The van der Waals surface area contributed by atoms with Crippen LogP contribution in [0.2, 0.25) is 0 Å². The number of carbonyl (C=O) groups excluding carboxylic acids is 1. The molecular weight excluding hydrogens is 352 g/mol. The van der Waals surface area contributed by atoms with Gasteiger partial charge in [-0.05, 0) is 57.2 Å². The zero-order chi connectivity index (χ0) is 18.7. The van der Waals surface area contributed by atoms with E-state index in [0.717, 1.165) is 32.1 Å². The molecule has 1 heterocycles. The number of hydrogen-bond acceptors (Lipinski definition) is 6. The molecule has 4 rings (SSSR count). The summed E-state index contributed by atoms with van der Waals surface area (Å²) in [6.45, 7) is 3.65. The Balaban J connectivity index is 1.66. The lowest BCUT2D eigenvalue weighted by Gasteiger charge is -2.57. The number of rotatable bonds is 3. The second kappa shape index (κ2) is 5.76. The van der Waals surface area contributed by atoms with Gasteiger partial charge in [-0.2, -0.15) is 0 Å². The Morgan fingerprint density at radius 2 is 2.15 bits per heavy atom. The Labute approximate surface area is 158 Å². The molecule has 0 saturated heterocycles. The van der Waals surface area contributed by atoms with E-state index in [1.54, 1.807) is 23.3 Å². The average molecular weight is 378 g/mol. The van der Waals surface area contributed by atoms with Crippen LogP contribution >= 0.6 is 12.2 Å². The molecule has 1 unspecified atom stereocenters. The van der Waals surface area contributed by atoms with Gasteiger partial charge in [-0.1, -0.05) is 6.42 Å². The van der Waals surface area contributed by atoms with E-state index >= 15 is 0 Å². The van der Waals surface area contributed by atoms with Crippen molar-refractivity contribution < 1.29 is 19.4 Å². The lowest BCUT2D eigenvalue weighted by atomic mass is 9.46. The van der Waals surface area contributed by atoms with Gasteiger partial charge in [0.1, 0.15) is 12.4 Å². The number of hydrogen-bond donors (Lipinski definition) is 1. The fraction of sp³-hybridized carbons (Fsp3) is 0.737. The second-order valence-corrected chi connectivity index (χ2v) is 9.03. The number of aliphatic hydroxyl groups is 1.